The molecule has 2 aromatic carbocycles. The summed E-state index contributed by atoms with van der Waals surface area (Å²) in [5.41, 5.74) is 2.64. The van der Waals surface area contributed by atoms with E-state index in [1.165, 1.54) is 0 Å². The number of aryl methyl sites for hydroxylation is 1. The number of para-hydroxylation sites is 1. The number of halogens is 1. The van der Waals surface area contributed by atoms with Gasteiger partial charge in [-0.25, -0.2) is 4.68 Å². The summed E-state index contributed by atoms with van der Waals surface area (Å²) >= 11 is 3.50. The summed E-state index contributed by atoms with van der Waals surface area (Å²) in [5, 5.41) is 7.12. The van der Waals surface area contributed by atoms with Gasteiger partial charge in [0.15, 0.2) is 0 Å². The Labute approximate surface area is 182 Å². The fourth-order valence-corrected chi connectivity index (χ4v) is 4.50. The Bertz CT molecular complexity index is 1150. The summed E-state index contributed by atoms with van der Waals surface area (Å²) in [7, 11) is 0. The maximum Gasteiger partial charge on any atom is 0.254 e. The van der Waals surface area contributed by atoms with Crippen LogP contribution >= 0.6 is 15.9 Å². The molecule has 1 N–H and O–H groups in total. The first kappa shape index (κ1) is 19.0. The number of aromatic nitrogens is 3. The highest BCUT2D eigenvalue weighted by molar-refractivity contribution is 9.10. The molecular formula is C22H20BrN5O2. The maximum atomic E-state index is 13.0. The van der Waals surface area contributed by atoms with Crippen LogP contribution in [0.5, 0.6) is 0 Å². The van der Waals surface area contributed by atoms with Crippen molar-refractivity contribution >= 4 is 33.7 Å². The summed E-state index contributed by atoms with van der Waals surface area (Å²) in [6, 6.07) is 15.4. The molecule has 2 aliphatic rings. The van der Waals surface area contributed by atoms with Gasteiger partial charge in [-0.1, -0.05) is 34.1 Å². The number of hydrogen-bond donors (Lipinski definition) is 1. The van der Waals surface area contributed by atoms with E-state index in [1.807, 2.05) is 55.5 Å². The monoisotopic (exact) mass is 465 g/mol. The van der Waals surface area contributed by atoms with Gasteiger partial charge < -0.3 is 4.90 Å². The number of hydrogen-bond acceptors (Lipinski definition) is 4. The fraction of sp³-hybridized carbons (Fsp3) is 0.273. The zero-order valence-electron chi connectivity index (χ0n) is 16.4. The molecule has 152 valence electrons. The van der Waals surface area contributed by atoms with Crippen molar-refractivity contribution in [2.24, 2.45) is 0 Å². The highest BCUT2D eigenvalue weighted by Crippen LogP contribution is 2.52. The lowest BCUT2D eigenvalue weighted by atomic mass is 9.86. The maximum absolute atomic E-state index is 13.0. The topological polar surface area (TPSA) is 80.1 Å². The Balaban J connectivity index is 1.32. The summed E-state index contributed by atoms with van der Waals surface area (Å²) in [5.74, 6) is 0.493. The summed E-state index contributed by atoms with van der Waals surface area (Å²) < 4.78 is 2.65. The zero-order valence-corrected chi connectivity index (χ0v) is 18.0. The molecule has 0 bridgehead atoms. The zero-order chi connectivity index (χ0) is 20.9. The number of nitrogens with zero attached hydrogens (tertiary/aromatic N) is 4. The van der Waals surface area contributed by atoms with Crippen LogP contribution in [0.15, 0.2) is 53.0 Å². The predicted molar refractivity (Wildman–Crippen MR) is 116 cm³/mol. The molecule has 8 heteroatoms. The Kier molecular flexibility index (Phi) is 4.47. The van der Waals surface area contributed by atoms with Crippen LogP contribution in [0.2, 0.25) is 0 Å². The van der Waals surface area contributed by atoms with Gasteiger partial charge in [0.2, 0.25) is 11.9 Å². The first-order valence-electron chi connectivity index (χ1n) is 9.83. The highest BCUT2D eigenvalue weighted by Gasteiger charge is 2.51. The second-order valence-corrected chi connectivity index (χ2v) is 8.83. The molecule has 1 saturated carbocycles. The van der Waals surface area contributed by atoms with Crippen molar-refractivity contribution in [3.05, 3.63) is 70.0 Å². The molecule has 0 atom stereocenters. The molecule has 7 nitrogen and oxygen atoms in total. The normalized spacial score (nSPS) is 16.5. The first-order valence-corrected chi connectivity index (χ1v) is 10.6. The van der Waals surface area contributed by atoms with Gasteiger partial charge in [0.1, 0.15) is 12.4 Å². The largest absolute Gasteiger partial charge is 0.328 e. The second kappa shape index (κ2) is 7.05. The molecule has 3 aromatic rings. The molecule has 1 spiro atoms. The van der Waals surface area contributed by atoms with E-state index in [4.69, 9.17) is 0 Å². The second-order valence-electron chi connectivity index (χ2n) is 7.91. The van der Waals surface area contributed by atoms with Gasteiger partial charge in [-0.3, -0.25) is 14.9 Å². The van der Waals surface area contributed by atoms with Gasteiger partial charge in [0.25, 0.3) is 5.91 Å². The molecule has 30 heavy (non-hydrogen) atoms. The third-order valence-electron chi connectivity index (χ3n) is 5.77. The van der Waals surface area contributed by atoms with Crippen molar-refractivity contribution in [1.29, 1.82) is 0 Å². The SMILES string of the molecule is Cc1nc(NC(=O)CN2CC3(CC3)c3cc(Br)ccc3C2=O)nn1-c1ccccc1. The van der Waals surface area contributed by atoms with E-state index in [0.717, 1.165) is 28.6 Å². The van der Waals surface area contributed by atoms with Crippen molar-refractivity contribution in [1.82, 2.24) is 19.7 Å². The fourth-order valence-electron chi connectivity index (χ4n) is 4.13. The van der Waals surface area contributed by atoms with Gasteiger partial charge in [0, 0.05) is 22.0 Å². The number of nitrogens with one attached hydrogen (secondary N) is 1. The quantitative estimate of drug-likeness (QED) is 0.639. The van der Waals surface area contributed by atoms with E-state index in [0.29, 0.717) is 17.9 Å². The van der Waals surface area contributed by atoms with Gasteiger partial charge in [0.05, 0.1) is 5.69 Å². The average Bonchev–Trinajstić information content (AvgIpc) is 3.41. The lowest BCUT2D eigenvalue weighted by Gasteiger charge is -2.34. The molecule has 1 aromatic heterocycles. The molecule has 2 heterocycles. The van der Waals surface area contributed by atoms with Crippen LogP contribution in [0.25, 0.3) is 5.69 Å². The van der Waals surface area contributed by atoms with Gasteiger partial charge >= 0.3 is 0 Å². The molecule has 2 amide bonds. The van der Waals surface area contributed by atoms with Crippen LogP contribution in [0.4, 0.5) is 5.95 Å². The molecular weight excluding hydrogens is 446 g/mol. The number of fused-ring (bicyclic) bond motifs is 2. The Morgan fingerprint density at radius 2 is 1.97 bits per heavy atom. The van der Waals surface area contributed by atoms with Gasteiger partial charge in [-0.2, -0.15) is 4.98 Å². The van der Waals surface area contributed by atoms with Crippen LogP contribution in [0.1, 0.15) is 34.6 Å². The van der Waals surface area contributed by atoms with E-state index in [9.17, 15) is 9.59 Å². The van der Waals surface area contributed by atoms with E-state index in [-0.39, 0.29) is 29.7 Å². The summed E-state index contributed by atoms with van der Waals surface area (Å²) in [6.07, 6.45) is 2.06. The van der Waals surface area contributed by atoms with Crippen molar-refractivity contribution in [2.75, 3.05) is 18.4 Å². The molecule has 5 rings (SSSR count). The van der Waals surface area contributed by atoms with Crippen molar-refractivity contribution in [2.45, 2.75) is 25.2 Å². The van der Waals surface area contributed by atoms with Crippen molar-refractivity contribution < 1.29 is 9.59 Å². The summed E-state index contributed by atoms with van der Waals surface area (Å²) in [4.78, 5) is 31.6. The smallest absolute Gasteiger partial charge is 0.254 e. The molecule has 0 unspecified atom stereocenters. The lowest BCUT2D eigenvalue weighted by Crippen LogP contribution is -2.46. The Morgan fingerprint density at radius 3 is 2.70 bits per heavy atom. The van der Waals surface area contributed by atoms with Crippen LogP contribution in [-0.2, 0) is 10.2 Å². The number of amides is 2. The molecule has 0 saturated heterocycles. The average molecular weight is 466 g/mol. The lowest BCUT2D eigenvalue weighted by molar-refractivity contribution is -0.117. The number of rotatable bonds is 4. The van der Waals surface area contributed by atoms with Crippen LogP contribution in [0, 0.1) is 6.92 Å². The van der Waals surface area contributed by atoms with E-state index in [1.54, 1.807) is 9.58 Å². The minimum Gasteiger partial charge on any atom is -0.328 e. The van der Waals surface area contributed by atoms with Crippen LogP contribution < -0.4 is 5.32 Å². The number of anilines is 1. The van der Waals surface area contributed by atoms with Crippen molar-refractivity contribution in [3.8, 4) is 5.69 Å². The van der Waals surface area contributed by atoms with E-state index >= 15 is 0 Å². The number of carbonyl (C=O) groups is 2. The molecule has 1 fully saturated rings. The third kappa shape index (κ3) is 3.31. The van der Waals surface area contributed by atoms with Gasteiger partial charge in [-0.15, -0.1) is 5.10 Å². The van der Waals surface area contributed by atoms with E-state index < -0.39 is 0 Å². The van der Waals surface area contributed by atoms with Gasteiger partial charge in [-0.05, 0) is 55.7 Å². The third-order valence-corrected chi connectivity index (χ3v) is 6.27. The predicted octanol–water partition coefficient (Wildman–Crippen LogP) is 3.46. The standard InChI is InChI=1S/C22H20BrN5O2/c1-14-24-21(26-28(14)16-5-3-2-4-6-16)25-19(29)12-27-13-22(9-10-22)18-11-15(23)7-8-17(18)20(27)30/h2-8,11H,9-10,12-13H2,1H3,(H,25,26,29). The summed E-state index contributed by atoms with van der Waals surface area (Å²) in [6.45, 7) is 2.37. The highest BCUT2D eigenvalue weighted by atomic mass is 79.9. The number of carbonyl (C=O) groups excluding carboxylic acids is 2. The minimum absolute atomic E-state index is 0.0168. The Hall–Kier alpha value is -3.00. The molecule has 1 aliphatic carbocycles. The number of benzene rings is 2. The van der Waals surface area contributed by atoms with Crippen LogP contribution in [-0.4, -0.2) is 44.6 Å². The molecule has 0 radical (unpaired) electrons. The van der Waals surface area contributed by atoms with Crippen LogP contribution in [0.3, 0.4) is 0 Å². The first-order chi connectivity index (χ1) is 14.4. The molecule has 1 aliphatic heterocycles. The minimum atomic E-state index is -0.301. The Morgan fingerprint density at radius 1 is 1.20 bits per heavy atom. The van der Waals surface area contributed by atoms with E-state index in [2.05, 4.69) is 31.3 Å². The van der Waals surface area contributed by atoms with Crippen molar-refractivity contribution in [3.63, 3.8) is 0 Å².